The first-order chi connectivity index (χ1) is 7.66. The van der Waals surface area contributed by atoms with Gasteiger partial charge in [0, 0.05) is 23.8 Å². The van der Waals surface area contributed by atoms with Crippen molar-refractivity contribution in [3.8, 4) is 0 Å². The summed E-state index contributed by atoms with van der Waals surface area (Å²) in [6.07, 6.45) is 3.60. The van der Waals surface area contributed by atoms with Crippen molar-refractivity contribution in [3.63, 3.8) is 0 Å². The van der Waals surface area contributed by atoms with Gasteiger partial charge in [-0.2, -0.15) is 0 Å². The third-order valence-electron chi connectivity index (χ3n) is 2.48. The van der Waals surface area contributed by atoms with Crippen LogP contribution in [0.25, 0.3) is 0 Å². The lowest BCUT2D eigenvalue weighted by Gasteiger charge is -2.07. The van der Waals surface area contributed by atoms with Crippen molar-refractivity contribution in [2.24, 2.45) is 0 Å². The number of hydrogen-bond donors (Lipinski definition) is 0. The lowest BCUT2D eigenvalue weighted by Crippen LogP contribution is -2.19. The molecule has 0 unspecified atom stereocenters. The van der Waals surface area contributed by atoms with Crippen LogP contribution in [0.3, 0.4) is 0 Å². The molecule has 0 saturated heterocycles. The molecule has 16 heavy (non-hydrogen) atoms. The molecule has 0 aliphatic rings. The van der Waals surface area contributed by atoms with Gasteiger partial charge in [0.05, 0.1) is 6.54 Å². The molecule has 0 aromatic carbocycles. The van der Waals surface area contributed by atoms with E-state index in [1.54, 1.807) is 28.2 Å². The van der Waals surface area contributed by atoms with Crippen molar-refractivity contribution in [1.82, 2.24) is 9.55 Å². The third-order valence-corrected chi connectivity index (χ3v) is 3.24. The van der Waals surface area contributed by atoms with Gasteiger partial charge in [0.25, 0.3) is 5.56 Å². The summed E-state index contributed by atoms with van der Waals surface area (Å²) in [4.78, 5) is 16.0. The van der Waals surface area contributed by atoms with Crippen molar-refractivity contribution >= 4 is 11.3 Å². The Morgan fingerprint density at radius 3 is 2.88 bits per heavy atom. The van der Waals surface area contributed by atoms with E-state index in [1.807, 2.05) is 17.6 Å². The molecule has 0 aliphatic heterocycles. The quantitative estimate of drug-likeness (QED) is 0.817. The van der Waals surface area contributed by atoms with Gasteiger partial charge < -0.3 is 4.57 Å². The molecule has 84 valence electrons. The smallest absolute Gasteiger partial charge is 0.251 e. The first-order valence-corrected chi connectivity index (χ1v) is 6.13. The molecule has 2 heterocycles. The summed E-state index contributed by atoms with van der Waals surface area (Å²) in [5, 5.41) is 2.88. The van der Waals surface area contributed by atoms with Crippen LogP contribution >= 0.6 is 11.3 Å². The fourth-order valence-electron chi connectivity index (χ4n) is 1.49. The molecule has 0 spiro atoms. The number of hydrogen-bond acceptors (Lipinski definition) is 3. The number of aromatic nitrogens is 2. The van der Waals surface area contributed by atoms with Gasteiger partial charge in [-0.05, 0) is 17.5 Å². The molecule has 4 heteroatoms. The van der Waals surface area contributed by atoms with Crippen molar-refractivity contribution in [3.05, 3.63) is 50.8 Å². The minimum absolute atomic E-state index is 0.0430. The molecule has 0 atom stereocenters. The van der Waals surface area contributed by atoms with E-state index in [4.69, 9.17) is 0 Å². The van der Waals surface area contributed by atoms with Crippen LogP contribution in [0.2, 0.25) is 0 Å². The topological polar surface area (TPSA) is 34.9 Å². The minimum atomic E-state index is 0.0430. The zero-order valence-electron chi connectivity index (χ0n) is 9.38. The van der Waals surface area contributed by atoms with E-state index >= 15 is 0 Å². The second-order valence-corrected chi connectivity index (χ2v) is 4.99. The van der Waals surface area contributed by atoms with Gasteiger partial charge in [-0.15, -0.1) is 11.3 Å². The van der Waals surface area contributed by atoms with Crippen LogP contribution in [0.5, 0.6) is 0 Å². The van der Waals surface area contributed by atoms with Gasteiger partial charge in [-0.3, -0.25) is 4.79 Å². The maximum atomic E-state index is 11.8. The summed E-state index contributed by atoms with van der Waals surface area (Å²) in [6, 6.07) is 3.71. The van der Waals surface area contributed by atoms with Crippen molar-refractivity contribution in [2.45, 2.75) is 26.3 Å². The monoisotopic (exact) mass is 234 g/mol. The van der Waals surface area contributed by atoms with Gasteiger partial charge in [0.1, 0.15) is 5.01 Å². The Bertz CT molecular complexity index is 514. The number of pyridine rings is 1. The first-order valence-electron chi connectivity index (χ1n) is 5.25. The Kier molecular flexibility index (Phi) is 3.19. The Hall–Kier alpha value is -1.42. The van der Waals surface area contributed by atoms with Gasteiger partial charge in [-0.25, -0.2) is 4.98 Å². The Balaban J connectivity index is 2.27. The molecule has 0 aliphatic carbocycles. The molecular formula is C12H14N2OS. The van der Waals surface area contributed by atoms with E-state index in [9.17, 15) is 4.79 Å². The Labute approximate surface area is 98.4 Å². The zero-order valence-corrected chi connectivity index (χ0v) is 10.2. The van der Waals surface area contributed by atoms with Crippen LogP contribution in [-0.2, 0) is 6.54 Å². The van der Waals surface area contributed by atoms with Crippen LogP contribution in [0.15, 0.2) is 34.7 Å². The number of thiazole rings is 1. The molecule has 2 aromatic rings. The molecule has 2 rings (SSSR count). The fraction of sp³-hybridized carbons (Fsp3) is 0.333. The average molecular weight is 234 g/mol. The molecule has 0 bridgehead atoms. The molecule has 0 radical (unpaired) electrons. The summed E-state index contributed by atoms with van der Waals surface area (Å²) in [5.41, 5.74) is 1.13. The largest absolute Gasteiger partial charge is 0.309 e. The summed E-state index contributed by atoms with van der Waals surface area (Å²) in [5.74, 6) is 0.391. The highest BCUT2D eigenvalue weighted by Gasteiger charge is 2.03. The maximum absolute atomic E-state index is 11.8. The Morgan fingerprint density at radius 2 is 2.31 bits per heavy atom. The predicted molar refractivity (Wildman–Crippen MR) is 66.0 cm³/mol. The predicted octanol–water partition coefficient (Wildman–Crippen LogP) is 2.48. The third kappa shape index (κ3) is 2.39. The number of nitrogens with zero attached hydrogens (tertiary/aromatic N) is 2. The molecule has 2 aromatic heterocycles. The summed E-state index contributed by atoms with van der Waals surface area (Å²) >= 11 is 1.57. The minimum Gasteiger partial charge on any atom is -0.309 e. The van der Waals surface area contributed by atoms with E-state index in [1.165, 1.54) is 0 Å². The highest BCUT2D eigenvalue weighted by atomic mass is 32.1. The van der Waals surface area contributed by atoms with Crippen molar-refractivity contribution < 1.29 is 0 Å². The fourth-order valence-corrected chi connectivity index (χ4v) is 2.10. The summed E-state index contributed by atoms with van der Waals surface area (Å²) in [6.45, 7) is 4.73. The molecule has 0 amide bonds. The van der Waals surface area contributed by atoms with Gasteiger partial charge in [0.15, 0.2) is 0 Å². The molecule has 0 fully saturated rings. The molecular weight excluding hydrogens is 220 g/mol. The van der Waals surface area contributed by atoms with Gasteiger partial charge in [0.2, 0.25) is 0 Å². The highest BCUT2D eigenvalue weighted by Crippen LogP contribution is 2.11. The van der Waals surface area contributed by atoms with E-state index < -0.39 is 0 Å². The van der Waals surface area contributed by atoms with Crippen LogP contribution < -0.4 is 5.56 Å². The van der Waals surface area contributed by atoms with E-state index in [2.05, 4.69) is 18.8 Å². The normalized spacial score (nSPS) is 10.9. The van der Waals surface area contributed by atoms with Gasteiger partial charge >= 0.3 is 0 Å². The second-order valence-electron chi connectivity index (χ2n) is 4.01. The Morgan fingerprint density at radius 1 is 1.50 bits per heavy atom. The van der Waals surface area contributed by atoms with Crippen molar-refractivity contribution in [2.75, 3.05) is 0 Å². The van der Waals surface area contributed by atoms with Gasteiger partial charge in [-0.1, -0.05) is 13.8 Å². The number of rotatable bonds is 3. The second kappa shape index (κ2) is 4.61. The standard InChI is InChI=1S/C12H14N2OS/c1-9(2)10-3-5-14(12(15)7-10)8-11-13-4-6-16-11/h3-7,9H,8H2,1-2H3. The average Bonchev–Trinajstić information content (AvgIpc) is 2.73. The van der Waals surface area contributed by atoms with Crippen LogP contribution in [-0.4, -0.2) is 9.55 Å². The van der Waals surface area contributed by atoms with Crippen LogP contribution in [0, 0.1) is 0 Å². The lowest BCUT2D eigenvalue weighted by atomic mass is 10.1. The first kappa shape index (κ1) is 11.1. The molecule has 0 saturated carbocycles. The van der Waals surface area contributed by atoms with Crippen LogP contribution in [0.1, 0.15) is 30.3 Å². The molecule has 0 N–H and O–H groups in total. The highest BCUT2D eigenvalue weighted by molar-refractivity contribution is 7.09. The summed E-state index contributed by atoms with van der Waals surface area (Å²) < 4.78 is 1.69. The molecule has 3 nitrogen and oxygen atoms in total. The van der Waals surface area contributed by atoms with E-state index in [0.29, 0.717) is 12.5 Å². The maximum Gasteiger partial charge on any atom is 0.251 e. The van der Waals surface area contributed by atoms with Crippen LogP contribution in [0.4, 0.5) is 0 Å². The lowest BCUT2D eigenvalue weighted by molar-refractivity contribution is 0.740. The van der Waals surface area contributed by atoms with Crippen molar-refractivity contribution in [1.29, 1.82) is 0 Å². The SMILES string of the molecule is CC(C)c1ccn(Cc2nccs2)c(=O)c1. The summed E-state index contributed by atoms with van der Waals surface area (Å²) in [7, 11) is 0. The van der Waals surface area contributed by atoms with E-state index in [-0.39, 0.29) is 5.56 Å². The zero-order chi connectivity index (χ0) is 11.5. The van der Waals surface area contributed by atoms with E-state index in [0.717, 1.165) is 10.6 Å².